The first-order chi connectivity index (χ1) is 12.5. The number of methoxy groups -OCH3 is 1. The molecule has 0 fully saturated rings. The fraction of sp³-hybridized carbons (Fsp3) is 0.474. The Morgan fingerprint density at radius 1 is 1.19 bits per heavy atom. The van der Waals surface area contributed by atoms with Crippen molar-refractivity contribution in [2.24, 2.45) is 0 Å². The molecule has 3 N–H and O–H groups in total. The van der Waals surface area contributed by atoms with Crippen LogP contribution >= 0.6 is 0 Å². The highest BCUT2D eigenvalue weighted by Gasteiger charge is 2.28. The van der Waals surface area contributed by atoms with Gasteiger partial charge in [0.2, 0.25) is 11.8 Å². The maximum Gasteiger partial charge on any atom is 0.223 e. The number of aliphatic hydroxyl groups excluding tert-OH is 1. The lowest BCUT2D eigenvalue weighted by molar-refractivity contribution is -0.128. The Labute approximate surface area is 153 Å². The van der Waals surface area contributed by atoms with Crippen LogP contribution in [0.4, 0.5) is 0 Å². The van der Waals surface area contributed by atoms with Crippen molar-refractivity contribution in [1.29, 1.82) is 0 Å². The fourth-order valence-electron chi connectivity index (χ4n) is 2.62. The Morgan fingerprint density at radius 3 is 2.54 bits per heavy atom. The van der Waals surface area contributed by atoms with Gasteiger partial charge in [0.15, 0.2) is 0 Å². The Bertz CT molecular complexity index is 629. The van der Waals surface area contributed by atoms with E-state index in [1.54, 1.807) is 26.2 Å². The highest BCUT2D eigenvalue weighted by Crippen LogP contribution is 2.16. The number of benzene rings is 1. The molecule has 0 bridgehead atoms. The van der Waals surface area contributed by atoms with E-state index in [1.165, 1.54) is 0 Å². The molecule has 1 heterocycles. The standard InChI is InChI=1S/C19H26N2O5/c1-3-18(23)21-16-9-8-15(26-17(16)12-22)10-19(24)20-11-13-4-6-14(25-2)7-5-13/h4-9,15-17,22H,3,10-12H2,1-2H3,(H,20,24)(H,21,23)/t15-,16-,17-/m1/s1. The molecule has 1 aliphatic heterocycles. The van der Waals surface area contributed by atoms with Crippen LogP contribution in [0.3, 0.4) is 0 Å². The van der Waals surface area contributed by atoms with Crippen LogP contribution < -0.4 is 15.4 Å². The molecule has 0 radical (unpaired) electrons. The van der Waals surface area contributed by atoms with Gasteiger partial charge in [-0.1, -0.05) is 31.2 Å². The molecule has 2 amide bonds. The zero-order valence-corrected chi connectivity index (χ0v) is 15.1. The summed E-state index contributed by atoms with van der Waals surface area (Å²) >= 11 is 0. The van der Waals surface area contributed by atoms with Crippen molar-refractivity contribution in [2.75, 3.05) is 13.7 Å². The summed E-state index contributed by atoms with van der Waals surface area (Å²) in [5, 5.41) is 15.1. The first-order valence-electron chi connectivity index (χ1n) is 8.69. The maximum atomic E-state index is 12.1. The molecule has 1 aliphatic rings. The molecule has 0 spiro atoms. The summed E-state index contributed by atoms with van der Waals surface area (Å²) in [6.45, 7) is 1.94. The molecule has 0 saturated carbocycles. The molecule has 3 atom stereocenters. The molecule has 0 aromatic heterocycles. The third-order valence-corrected chi connectivity index (χ3v) is 4.15. The van der Waals surface area contributed by atoms with Crippen molar-refractivity contribution in [1.82, 2.24) is 10.6 Å². The highest BCUT2D eigenvalue weighted by molar-refractivity contribution is 5.77. The number of rotatable bonds is 8. The molecule has 26 heavy (non-hydrogen) atoms. The van der Waals surface area contributed by atoms with E-state index < -0.39 is 12.2 Å². The van der Waals surface area contributed by atoms with Gasteiger partial charge in [0.1, 0.15) is 11.9 Å². The van der Waals surface area contributed by atoms with Crippen molar-refractivity contribution in [2.45, 2.75) is 44.6 Å². The van der Waals surface area contributed by atoms with Gasteiger partial charge < -0.3 is 25.2 Å². The Kier molecular flexibility index (Phi) is 7.62. The molecular formula is C19H26N2O5. The quantitative estimate of drug-likeness (QED) is 0.598. The fourth-order valence-corrected chi connectivity index (χ4v) is 2.62. The number of aliphatic hydroxyl groups is 1. The van der Waals surface area contributed by atoms with Crippen molar-refractivity contribution < 1.29 is 24.2 Å². The lowest BCUT2D eigenvalue weighted by Crippen LogP contribution is -2.48. The molecule has 7 nitrogen and oxygen atoms in total. The summed E-state index contributed by atoms with van der Waals surface area (Å²) in [5.74, 6) is 0.501. The largest absolute Gasteiger partial charge is 0.497 e. The number of hydrogen-bond acceptors (Lipinski definition) is 5. The van der Waals surface area contributed by atoms with Crippen LogP contribution in [-0.2, 0) is 20.9 Å². The summed E-state index contributed by atoms with van der Waals surface area (Å²) in [5.41, 5.74) is 0.967. The van der Waals surface area contributed by atoms with Gasteiger partial charge in [-0.2, -0.15) is 0 Å². The minimum absolute atomic E-state index is 0.114. The second-order valence-electron chi connectivity index (χ2n) is 6.06. The summed E-state index contributed by atoms with van der Waals surface area (Å²) in [4.78, 5) is 23.6. The second kappa shape index (κ2) is 9.94. The minimum atomic E-state index is -0.560. The number of carbonyl (C=O) groups excluding carboxylic acids is 2. The van der Waals surface area contributed by atoms with Crippen LogP contribution in [0.25, 0.3) is 0 Å². The third-order valence-electron chi connectivity index (χ3n) is 4.15. The van der Waals surface area contributed by atoms with Crippen LogP contribution in [0.2, 0.25) is 0 Å². The molecule has 1 aromatic rings. The van der Waals surface area contributed by atoms with Gasteiger partial charge in [-0.05, 0) is 17.7 Å². The second-order valence-corrected chi connectivity index (χ2v) is 6.06. The summed E-state index contributed by atoms with van der Waals surface area (Å²) < 4.78 is 10.8. The monoisotopic (exact) mass is 362 g/mol. The van der Waals surface area contributed by atoms with Gasteiger partial charge in [-0.15, -0.1) is 0 Å². The highest BCUT2D eigenvalue weighted by atomic mass is 16.5. The van der Waals surface area contributed by atoms with E-state index >= 15 is 0 Å². The first-order valence-corrected chi connectivity index (χ1v) is 8.69. The minimum Gasteiger partial charge on any atom is -0.497 e. The molecule has 1 aromatic carbocycles. The summed E-state index contributed by atoms with van der Waals surface area (Å²) in [6, 6.07) is 7.07. The van der Waals surface area contributed by atoms with Gasteiger partial charge in [0.25, 0.3) is 0 Å². The molecule has 0 unspecified atom stereocenters. The van der Waals surface area contributed by atoms with Gasteiger partial charge in [0, 0.05) is 13.0 Å². The number of nitrogens with one attached hydrogen (secondary N) is 2. The number of hydrogen-bond donors (Lipinski definition) is 3. The van der Waals surface area contributed by atoms with Crippen molar-refractivity contribution in [3.63, 3.8) is 0 Å². The van der Waals surface area contributed by atoms with Crippen molar-refractivity contribution in [3.8, 4) is 5.75 Å². The maximum absolute atomic E-state index is 12.1. The van der Waals surface area contributed by atoms with Gasteiger partial charge in [0.05, 0.1) is 32.3 Å². The van der Waals surface area contributed by atoms with Crippen LogP contribution in [-0.4, -0.2) is 48.9 Å². The number of ether oxygens (including phenoxy) is 2. The van der Waals surface area contributed by atoms with E-state index in [0.29, 0.717) is 13.0 Å². The van der Waals surface area contributed by atoms with Gasteiger partial charge >= 0.3 is 0 Å². The zero-order chi connectivity index (χ0) is 18.9. The normalized spacial score (nSPS) is 21.9. The predicted molar refractivity (Wildman–Crippen MR) is 96.6 cm³/mol. The Balaban J connectivity index is 1.82. The van der Waals surface area contributed by atoms with Crippen LogP contribution in [0.5, 0.6) is 5.75 Å². The van der Waals surface area contributed by atoms with Crippen LogP contribution in [0, 0.1) is 0 Å². The molecule has 2 rings (SSSR count). The van der Waals surface area contributed by atoms with E-state index in [1.807, 2.05) is 24.3 Å². The van der Waals surface area contributed by atoms with Crippen LogP contribution in [0.1, 0.15) is 25.3 Å². The summed E-state index contributed by atoms with van der Waals surface area (Å²) in [6.07, 6.45) is 3.05. The van der Waals surface area contributed by atoms with E-state index in [2.05, 4.69) is 10.6 Å². The van der Waals surface area contributed by atoms with Crippen molar-refractivity contribution >= 4 is 11.8 Å². The van der Waals surface area contributed by atoms with E-state index in [9.17, 15) is 14.7 Å². The third kappa shape index (κ3) is 5.86. The van der Waals surface area contributed by atoms with E-state index in [4.69, 9.17) is 9.47 Å². The van der Waals surface area contributed by atoms with Crippen LogP contribution in [0.15, 0.2) is 36.4 Å². The predicted octanol–water partition coefficient (Wildman–Crippen LogP) is 0.912. The Hall–Kier alpha value is -2.38. The lowest BCUT2D eigenvalue weighted by Gasteiger charge is -2.31. The molecule has 0 aliphatic carbocycles. The first kappa shape index (κ1) is 19.9. The molecule has 142 valence electrons. The topological polar surface area (TPSA) is 96.9 Å². The smallest absolute Gasteiger partial charge is 0.223 e. The van der Waals surface area contributed by atoms with Crippen molar-refractivity contribution in [3.05, 3.63) is 42.0 Å². The number of amides is 2. The molecular weight excluding hydrogens is 336 g/mol. The van der Waals surface area contributed by atoms with Gasteiger partial charge in [-0.3, -0.25) is 9.59 Å². The SMILES string of the molecule is CCC(=O)N[C@@H]1C=C[C@H](CC(=O)NCc2ccc(OC)cc2)O[C@@H]1CO. The summed E-state index contributed by atoms with van der Waals surface area (Å²) in [7, 11) is 1.60. The van der Waals surface area contributed by atoms with E-state index in [-0.39, 0.29) is 30.9 Å². The lowest BCUT2D eigenvalue weighted by atomic mass is 10.0. The zero-order valence-electron chi connectivity index (χ0n) is 15.1. The average molecular weight is 362 g/mol. The molecule has 0 saturated heterocycles. The Morgan fingerprint density at radius 2 is 1.92 bits per heavy atom. The number of carbonyl (C=O) groups is 2. The molecule has 7 heteroatoms. The van der Waals surface area contributed by atoms with E-state index in [0.717, 1.165) is 11.3 Å². The average Bonchev–Trinajstić information content (AvgIpc) is 2.67. The van der Waals surface area contributed by atoms with Gasteiger partial charge in [-0.25, -0.2) is 0 Å².